The number of furan rings is 1. The van der Waals surface area contributed by atoms with Gasteiger partial charge in [-0.15, -0.1) is 5.10 Å². The number of carbonyl (C=O) groups is 1. The van der Waals surface area contributed by atoms with E-state index in [9.17, 15) is 4.79 Å². The van der Waals surface area contributed by atoms with Crippen LogP contribution in [0.1, 0.15) is 62.0 Å². The Labute approximate surface area is 250 Å². The summed E-state index contributed by atoms with van der Waals surface area (Å²) in [5.41, 5.74) is 5.98. The summed E-state index contributed by atoms with van der Waals surface area (Å²) in [6.45, 7) is 14.8. The van der Waals surface area contributed by atoms with Crippen LogP contribution < -0.4 is 4.90 Å². The van der Waals surface area contributed by atoms with Crippen molar-refractivity contribution in [2.75, 3.05) is 31.1 Å². The molecule has 0 spiro atoms. The van der Waals surface area contributed by atoms with Crippen molar-refractivity contribution in [3.8, 4) is 11.3 Å². The molecule has 5 heterocycles. The van der Waals surface area contributed by atoms with Crippen molar-refractivity contribution in [2.45, 2.75) is 52.5 Å². The van der Waals surface area contributed by atoms with Crippen molar-refractivity contribution < 1.29 is 9.21 Å². The zero-order valence-electron chi connectivity index (χ0n) is 24.8. The lowest BCUT2D eigenvalue weighted by Crippen LogP contribution is -2.61. The van der Waals surface area contributed by atoms with Crippen LogP contribution in [0.25, 0.3) is 22.4 Å². The summed E-state index contributed by atoms with van der Waals surface area (Å²) in [5, 5.41) is 12.5. The number of aryl methyl sites for hydroxylation is 1. The van der Waals surface area contributed by atoms with Crippen molar-refractivity contribution in [3.05, 3.63) is 76.1 Å². The number of rotatable bonds is 4. The van der Waals surface area contributed by atoms with E-state index in [0.717, 1.165) is 39.6 Å². The molecule has 1 saturated heterocycles. The van der Waals surface area contributed by atoms with Crippen molar-refractivity contribution in [2.24, 2.45) is 15.4 Å². The minimum absolute atomic E-state index is 0.147. The number of benzene rings is 1. The first-order chi connectivity index (χ1) is 19.9. The Kier molecular flexibility index (Phi) is 6.88. The fourth-order valence-corrected chi connectivity index (χ4v) is 5.76. The molecule has 10 heteroatoms. The van der Waals surface area contributed by atoms with Gasteiger partial charge in [-0.05, 0) is 61.2 Å². The van der Waals surface area contributed by atoms with Crippen LogP contribution in [0.5, 0.6) is 0 Å². The third-order valence-corrected chi connectivity index (χ3v) is 8.17. The lowest BCUT2D eigenvalue weighted by molar-refractivity contribution is 0.0483. The van der Waals surface area contributed by atoms with Crippen LogP contribution in [0, 0.1) is 6.92 Å². The minimum atomic E-state index is -0.481. The molecule has 2 aliphatic heterocycles. The third kappa shape index (κ3) is 5.17. The first-order valence-electron chi connectivity index (χ1n) is 14.1. The predicted octanol–water partition coefficient (Wildman–Crippen LogP) is 7.06. The maximum Gasteiger partial charge on any atom is 0.290 e. The van der Waals surface area contributed by atoms with E-state index in [1.807, 2.05) is 48.2 Å². The summed E-state index contributed by atoms with van der Waals surface area (Å²) < 4.78 is 6.31. The normalized spacial score (nSPS) is 16.8. The highest BCUT2D eigenvalue weighted by Gasteiger charge is 2.39. The fourth-order valence-electron chi connectivity index (χ4n) is 5.64. The molecule has 0 bridgehead atoms. The first kappa shape index (κ1) is 28.0. The number of piperazine rings is 1. The summed E-state index contributed by atoms with van der Waals surface area (Å²) in [6, 6.07) is 15.5. The van der Waals surface area contributed by atoms with Crippen LogP contribution in [-0.4, -0.2) is 58.2 Å². The first-order valence-corrected chi connectivity index (χ1v) is 14.5. The van der Waals surface area contributed by atoms with E-state index in [0.29, 0.717) is 48.1 Å². The van der Waals surface area contributed by atoms with Gasteiger partial charge in [0.15, 0.2) is 11.3 Å². The average molecular weight is 584 g/mol. The zero-order valence-corrected chi connectivity index (χ0v) is 25.5. The number of hydrogen-bond donors (Lipinski definition) is 0. The van der Waals surface area contributed by atoms with Crippen molar-refractivity contribution in [3.63, 3.8) is 0 Å². The van der Waals surface area contributed by atoms with E-state index in [1.54, 1.807) is 6.07 Å². The Hall–Kier alpha value is -4.11. The maximum absolute atomic E-state index is 14.0. The Morgan fingerprint density at radius 2 is 1.79 bits per heavy atom. The highest BCUT2D eigenvalue weighted by atomic mass is 35.5. The molecule has 6 rings (SSSR count). The van der Waals surface area contributed by atoms with Crippen molar-refractivity contribution in [1.82, 2.24) is 14.9 Å². The standard InChI is InChI=1S/C32H34ClN7O2/c1-19-7-12-27(36-28(19)25-17-34-38-37-25)39-13-14-40(32(5,6)18-39)30(41)26-16-24-29(42-26)22(31(2,3)4)15-23(35-24)20-8-10-21(33)11-9-20/h7-12,15-16H,13-14,17-18H2,1-6H3. The summed E-state index contributed by atoms with van der Waals surface area (Å²) in [5.74, 6) is 0.995. The van der Waals surface area contributed by atoms with Crippen LogP contribution >= 0.6 is 11.6 Å². The van der Waals surface area contributed by atoms with E-state index in [4.69, 9.17) is 26.0 Å². The van der Waals surface area contributed by atoms with Gasteiger partial charge in [-0.3, -0.25) is 4.79 Å². The summed E-state index contributed by atoms with van der Waals surface area (Å²) in [7, 11) is 0. The second kappa shape index (κ2) is 10.3. The largest absolute Gasteiger partial charge is 0.449 e. The Bertz CT molecular complexity index is 1750. The van der Waals surface area contributed by atoms with Crippen LogP contribution in [0.4, 0.5) is 5.82 Å². The quantitative estimate of drug-likeness (QED) is 0.256. The van der Waals surface area contributed by atoms with Gasteiger partial charge in [0, 0.05) is 41.9 Å². The summed E-state index contributed by atoms with van der Waals surface area (Å²) >= 11 is 6.12. The molecule has 3 aromatic heterocycles. The van der Waals surface area contributed by atoms with Crippen LogP contribution in [0.15, 0.2) is 68.4 Å². The molecule has 0 unspecified atom stereocenters. The molecule has 0 N–H and O–H groups in total. The molecule has 0 aliphatic carbocycles. The van der Waals surface area contributed by atoms with E-state index in [-0.39, 0.29) is 11.3 Å². The van der Waals surface area contributed by atoms with Gasteiger partial charge in [-0.25, -0.2) is 9.97 Å². The molecule has 1 fully saturated rings. The number of aromatic nitrogens is 2. The molecule has 216 valence electrons. The smallest absolute Gasteiger partial charge is 0.290 e. The SMILES string of the molecule is Cc1ccc(N2CCN(C(=O)c3cc4nc(-c5ccc(Cl)cc5)cc(C(C)(C)C)c4o3)C(C)(C)C2)nc1C1=NN=NC1. The van der Waals surface area contributed by atoms with E-state index in [1.165, 1.54) is 0 Å². The van der Waals surface area contributed by atoms with Crippen molar-refractivity contribution >= 4 is 40.1 Å². The molecule has 0 atom stereocenters. The molecule has 1 aromatic carbocycles. The number of carbonyl (C=O) groups excluding carboxylic acids is 1. The second-order valence-corrected chi connectivity index (χ2v) is 13.0. The molecular weight excluding hydrogens is 550 g/mol. The van der Waals surface area contributed by atoms with Crippen LogP contribution in [0.3, 0.4) is 0 Å². The van der Waals surface area contributed by atoms with Gasteiger partial charge in [0.1, 0.15) is 23.6 Å². The number of anilines is 1. The zero-order chi connectivity index (χ0) is 29.8. The summed E-state index contributed by atoms with van der Waals surface area (Å²) in [4.78, 5) is 27.9. The number of fused-ring (bicyclic) bond motifs is 1. The number of halogens is 1. The van der Waals surface area contributed by atoms with Gasteiger partial charge in [0.2, 0.25) is 0 Å². The molecule has 0 saturated carbocycles. The molecule has 0 radical (unpaired) electrons. The number of nitrogens with zero attached hydrogens (tertiary/aromatic N) is 7. The van der Waals surface area contributed by atoms with E-state index < -0.39 is 5.54 Å². The van der Waals surface area contributed by atoms with Gasteiger partial charge in [-0.2, -0.15) is 5.11 Å². The molecule has 42 heavy (non-hydrogen) atoms. The highest BCUT2D eigenvalue weighted by molar-refractivity contribution is 6.30. The molecule has 1 amide bonds. The van der Waals surface area contributed by atoms with Gasteiger partial charge in [-0.1, -0.05) is 50.6 Å². The van der Waals surface area contributed by atoms with Crippen molar-refractivity contribution in [1.29, 1.82) is 0 Å². The molecular formula is C32H34ClN7O2. The molecule has 9 nitrogen and oxygen atoms in total. The molecule has 4 aromatic rings. The monoisotopic (exact) mass is 583 g/mol. The van der Waals surface area contributed by atoms with Gasteiger partial charge in [0.25, 0.3) is 5.91 Å². The number of pyridine rings is 2. The fraction of sp³-hybridized carbons (Fsp3) is 0.375. The Balaban J connectivity index is 1.29. The predicted molar refractivity (Wildman–Crippen MR) is 166 cm³/mol. The Morgan fingerprint density at radius 1 is 1.02 bits per heavy atom. The van der Waals surface area contributed by atoms with E-state index >= 15 is 0 Å². The minimum Gasteiger partial charge on any atom is -0.449 e. The lowest BCUT2D eigenvalue weighted by Gasteiger charge is -2.47. The average Bonchev–Trinajstić information content (AvgIpc) is 3.62. The van der Waals surface area contributed by atoms with Crippen LogP contribution in [-0.2, 0) is 5.41 Å². The Morgan fingerprint density at radius 3 is 2.45 bits per heavy atom. The van der Waals surface area contributed by atoms with Gasteiger partial charge < -0.3 is 14.2 Å². The third-order valence-electron chi connectivity index (χ3n) is 7.91. The van der Waals surface area contributed by atoms with E-state index in [2.05, 4.69) is 61.0 Å². The second-order valence-electron chi connectivity index (χ2n) is 12.6. The maximum atomic E-state index is 14.0. The van der Waals surface area contributed by atoms with Crippen LogP contribution in [0.2, 0.25) is 5.02 Å². The topological polar surface area (TPSA) is 99.5 Å². The lowest BCUT2D eigenvalue weighted by atomic mass is 9.86. The molecule has 2 aliphatic rings. The number of amides is 1. The number of hydrogen-bond acceptors (Lipinski definition) is 8. The van der Waals surface area contributed by atoms with Gasteiger partial charge >= 0.3 is 0 Å². The summed E-state index contributed by atoms with van der Waals surface area (Å²) in [6.07, 6.45) is 0. The van der Waals surface area contributed by atoms with Gasteiger partial charge in [0.05, 0.1) is 16.9 Å². The highest BCUT2D eigenvalue weighted by Crippen LogP contribution is 2.36.